The highest BCUT2D eigenvalue weighted by atomic mass is 14.7. The molecule has 23 heavy (non-hydrogen) atoms. The van der Waals surface area contributed by atoms with Crippen LogP contribution in [0.2, 0.25) is 0 Å². The van der Waals surface area contributed by atoms with E-state index in [0.717, 1.165) is 5.69 Å². The van der Waals surface area contributed by atoms with Crippen LogP contribution in [0.5, 0.6) is 0 Å². The maximum absolute atomic E-state index is 4.90. The van der Waals surface area contributed by atoms with Crippen molar-refractivity contribution in [2.75, 3.05) is 0 Å². The number of aromatic nitrogens is 2. The first-order valence-electron chi connectivity index (χ1n) is 8.66. The van der Waals surface area contributed by atoms with Gasteiger partial charge in [0.1, 0.15) is 0 Å². The second kappa shape index (κ2) is 5.02. The van der Waals surface area contributed by atoms with Crippen LogP contribution in [0.3, 0.4) is 0 Å². The van der Waals surface area contributed by atoms with Crippen molar-refractivity contribution in [3.63, 3.8) is 0 Å². The molecule has 0 radical (unpaired) electrons. The minimum atomic E-state index is 0.378. The van der Waals surface area contributed by atoms with Crippen LogP contribution in [0, 0.1) is 6.92 Å². The van der Waals surface area contributed by atoms with Crippen molar-refractivity contribution in [2.24, 2.45) is 0 Å². The van der Waals surface area contributed by atoms with Gasteiger partial charge in [0.05, 0.1) is 11.4 Å². The van der Waals surface area contributed by atoms with Gasteiger partial charge in [-0.15, -0.1) is 0 Å². The molecule has 0 aliphatic heterocycles. The van der Waals surface area contributed by atoms with Gasteiger partial charge in [0.2, 0.25) is 0 Å². The molecule has 0 bridgehead atoms. The Morgan fingerprint density at radius 2 is 1.35 bits per heavy atom. The monoisotopic (exact) mass is 304 g/mol. The highest BCUT2D eigenvalue weighted by Crippen LogP contribution is 2.54. The molecule has 118 valence electrons. The van der Waals surface area contributed by atoms with E-state index in [2.05, 4.69) is 58.9 Å². The molecule has 2 aliphatic carbocycles. The van der Waals surface area contributed by atoms with E-state index in [0.29, 0.717) is 23.7 Å². The third-order valence-corrected chi connectivity index (χ3v) is 5.92. The second-order valence-corrected chi connectivity index (χ2v) is 7.20. The third kappa shape index (κ3) is 1.94. The lowest BCUT2D eigenvalue weighted by atomic mass is 9.63. The van der Waals surface area contributed by atoms with Crippen molar-refractivity contribution in [3.05, 3.63) is 69.8 Å². The molecule has 4 rings (SSSR count). The molecule has 0 fully saturated rings. The molecule has 0 aromatic carbocycles. The quantitative estimate of drug-likeness (QED) is 0.623. The number of rotatable bonds is 0. The van der Waals surface area contributed by atoms with Crippen molar-refractivity contribution in [1.29, 1.82) is 0 Å². The summed E-state index contributed by atoms with van der Waals surface area (Å²) in [5.41, 5.74) is 9.62. The predicted octanol–water partition coefficient (Wildman–Crippen LogP) is 5.22. The zero-order chi connectivity index (χ0) is 16.3. The number of aryl methyl sites for hydroxylation is 1. The third-order valence-electron chi connectivity index (χ3n) is 5.92. The van der Waals surface area contributed by atoms with E-state index in [4.69, 9.17) is 9.97 Å². The van der Waals surface area contributed by atoms with Crippen LogP contribution >= 0.6 is 0 Å². The van der Waals surface area contributed by atoms with E-state index in [1.54, 1.807) is 11.1 Å². The highest BCUT2D eigenvalue weighted by molar-refractivity contribution is 5.55. The van der Waals surface area contributed by atoms with Crippen LogP contribution in [0.15, 0.2) is 41.6 Å². The maximum atomic E-state index is 4.90. The first kappa shape index (κ1) is 14.6. The lowest BCUT2D eigenvalue weighted by Crippen LogP contribution is -2.28. The van der Waals surface area contributed by atoms with Gasteiger partial charge in [-0.2, -0.15) is 0 Å². The van der Waals surface area contributed by atoms with Crippen LogP contribution in [0.1, 0.15) is 79.6 Å². The van der Waals surface area contributed by atoms with Crippen LogP contribution in [0.4, 0.5) is 0 Å². The van der Waals surface area contributed by atoms with Crippen LogP contribution in [-0.2, 0) is 0 Å². The van der Waals surface area contributed by atoms with Gasteiger partial charge in [-0.3, -0.25) is 9.97 Å². The number of allylic oxidation sites excluding steroid dienone is 2. The maximum Gasteiger partial charge on any atom is 0.0513 e. The standard InChI is InChI=1S/C21H24N2/c1-11-8-9-17-13(3)18-12(2)16-7-6-10-22-20(16)14(4)19(18)15(5)21(17)23-11/h6-10,12-15H,1-5H3. The molecule has 2 heteroatoms. The molecule has 0 saturated carbocycles. The minimum Gasteiger partial charge on any atom is -0.260 e. The minimum absolute atomic E-state index is 0.378. The van der Waals surface area contributed by atoms with Gasteiger partial charge in [-0.05, 0) is 30.2 Å². The van der Waals surface area contributed by atoms with E-state index in [1.165, 1.54) is 22.5 Å². The average molecular weight is 304 g/mol. The van der Waals surface area contributed by atoms with Gasteiger partial charge in [0, 0.05) is 35.6 Å². The Morgan fingerprint density at radius 3 is 2.09 bits per heavy atom. The molecule has 2 nitrogen and oxygen atoms in total. The summed E-state index contributed by atoms with van der Waals surface area (Å²) in [5.74, 6) is 1.64. The first-order chi connectivity index (χ1) is 11.0. The Bertz CT molecular complexity index is 818. The highest BCUT2D eigenvalue weighted by Gasteiger charge is 2.40. The van der Waals surface area contributed by atoms with E-state index in [9.17, 15) is 0 Å². The van der Waals surface area contributed by atoms with E-state index >= 15 is 0 Å². The number of hydrogen-bond acceptors (Lipinski definition) is 2. The fourth-order valence-electron chi connectivity index (χ4n) is 4.84. The van der Waals surface area contributed by atoms with E-state index < -0.39 is 0 Å². The van der Waals surface area contributed by atoms with Gasteiger partial charge >= 0.3 is 0 Å². The molecule has 4 unspecified atom stereocenters. The molecule has 0 amide bonds. The Morgan fingerprint density at radius 1 is 0.739 bits per heavy atom. The SMILES string of the molecule is Cc1ccc2c(n1)C(C)C1=C(C(C)c3cccnc3C1C)C2C. The molecular weight excluding hydrogens is 280 g/mol. The summed E-state index contributed by atoms with van der Waals surface area (Å²) in [6, 6.07) is 8.77. The summed E-state index contributed by atoms with van der Waals surface area (Å²) in [5, 5.41) is 0. The van der Waals surface area contributed by atoms with Crippen LogP contribution in [-0.4, -0.2) is 9.97 Å². The number of hydrogen-bond donors (Lipinski definition) is 0. The summed E-state index contributed by atoms with van der Waals surface area (Å²) in [4.78, 5) is 9.62. The van der Waals surface area contributed by atoms with Crippen LogP contribution < -0.4 is 0 Å². The lowest BCUT2D eigenvalue weighted by Gasteiger charge is -2.42. The zero-order valence-corrected chi connectivity index (χ0v) is 14.6. The fourth-order valence-corrected chi connectivity index (χ4v) is 4.84. The second-order valence-electron chi connectivity index (χ2n) is 7.20. The van der Waals surface area contributed by atoms with Gasteiger partial charge in [-0.25, -0.2) is 0 Å². The molecular formula is C21H24N2. The van der Waals surface area contributed by atoms with Gasteiger partial charge in [0.15, 0.2) is 0 Å². The van der Waals surface area contributed by atoms with Crippen molar-refractivity contribution in [3.8, 4) is 0 Å². The molecule has 2 aliphatic rings. The van der Waals surface area contributed by atoms with Crippen molar-refractivity contribution >= 4 is 0 Å². The van der Waals surface area contributed by atoms with E-state index in [-0.39, 0.29) is 0 Å². The Hall–Kier alpha value is -1.96. The van der Waals surface area contributed by atoms with Gasteiger partial charge in [0.25, 0.3) is 0 Å². The molecule has 4 atom stereocenters. The Kier molecular flexibility index (Phi) is 3.19. The van der Waals surface area contributed by atoms with Crippen molar-refractivity contribution in [1.82, 2.24) is 9.97 Å². The Balaban J connectivity index is 1.95. The molecule has 2 aromatic heterocycles. The van der Waals surface area contributed by atoms with Gasteiger partial charge in [-0.1, -0.05) is 51.0 Å². The summed E-state index contributed by atoms with van der Waals surface area (Å²) < 4.78 is 0. The first-order valence-corrected chi connectivity index (χ1v) is 8.66. The topological polar surface area (TPSA) is 25.8 Å². The summed E-state index contributed by atoms with van der Waals surface area (Å²) in [6.45, 7) is 11.4. The van der Waals surface area contributed by atoms with Crippen molar-refractivity contribution in [2.45, 2.75) is 58.3 Å². The van der Waals surface area contributed by atoms with Gasteiger partial charge < -0.3 is 0 Å². The summed E-state index contributed by atoms with van der Waals surface area (Å²) >= 11 is 0. The molecule has 0 N–H and O–H groups in total. The Labute approximate surface area is 138 Å². The number of nitrogens with zero attached hydrogens (tertiary/aromatic N) is 2. The normalized spacial score (nSPS) is 28.9. The van der Waals surface area contributed by atoms with E-state index in [1.807, 2.05) is 6.20 Å². The summed E-state index contributed by atoms with van der Waals surface area (Å²) in [7, 11) is 0. The van der Waals surface area contributed by atoms with Crippen LogP contribution in [0.25, 0.3) is 0 Å². The molecule has 0 saturated heterocycles. The summed E-state index contributed by atoms with van der Waals surface area (Å²) in [6.07, 6.45) is 1.93. The predicted molar refractivity (Wildman–Crippen MR) is 93.9 cm³/mol. The number of fused-ring (bicyclic) bond motifs is 2. The molecule has 2 aromatic rings. The average Bonchev–Trinajstić information content (AvgIpc) is 2.56. The smallest absolute Gasteiger partial charge is 0.0513 e. The largest absolute Gasteiger partial charge is 0.260 e. The molecule has 2 heterocycles. The fraction of sp³-hybridized carbons (Fsp3) is 0.429. The zero-order valence-electron chi connectivity index (χ0n) is 14.6. The number of pyridine rings is 2. The van der Waals surface area contributed by atoms with Crippen molar-refractivity contribution < 1.29 is 0 Å². The lowest BCUT2D eigenvalue weighted by molar-refractivity contribution is 0.580. The molecule has 0 spiro atoms.